The zero-order valence-electron chi connectivity index (χ0n) is 13.9. The van der Waals surface area contributed by atoms with Gasteiger partial charge >= 0.3 is 0 Å². The third kappa shape index (κ3) is 3.87. The molecule has 1 aliphatic heterocycles. The van der Waals surface area contributed by atoms with Gasteiger partial charge in [0.1, 0.15) is 0 Å². The van der Waals surface area contributed by atoms with Crippen molar-refractivity contribution in [3.8, 4) is 17.2 Å². The summed E-state index contributed by atoms with van der Waals surface area (Å²) in [7, 11) is 0. The molecule has 2 N–H and O–H groups in total. The monoisotopic (exact) mass is 336 g/mol. The number of aliphatic hydroxyl groups is 1. The molecular formula is C20H20N2O3. The highest BCUT2D eigenvalue weighted by atomic mass is 16.5. The maximum absolute atomic E-state index is 12.7. The van der Waals surface area contributed by atoms with Crippen molar-refractivity contribution >= 4 is 5.91 Å². The van der Waals surface area contributed by atoms with Gasteiger partial charge in [0, 0.05) is 43.7 Å². The van der Waals surface area contributed by atoms with Gasteiger partial charge in [-0.05, 0) is 17.7 Å². The van der Waals surface area contributed by atoms with Crippen LogP contribution >= 0.6 is 0 Å². The SMILES string of the molecule is N#Cc1ccccc1-c1ccccc1C(=O)NCC1(O)CCOCC1. The Morgan fingerprint density at radius 1 is 1.12 bits per heavy atom. The van der Waals surface area contributed by atoms with Crippen LogP contribution in [0.15, 0.2) is 48.5 Å². The van der Waals surface area contributed by atoms with E-state index in [1.54, 1.807) is 24.3 Å². The van der Waals surface area contributed by atoms with Crippen LogP contribution in [0.4, 0.5) is 0 Å². The van der Waals surface area contributed by atoms with E-state index in [1.165, 1.54) is 0 Å². The molecule has 1 saturated heterocycles. The molecule has 0 bridgehead atoms. The summed E-state index contributed by atoms with van der Waals surface area (Å²) in [6.07, 6.45) is 1.01. The average Bonchev–Trinajstić information content (AvgIpc) is 2.67. The highest BCUT2D eigenvalue weighted by molar-refractivity contribution is 6.01. The summed E-state index contributed by atoms with van der Waals surface area (Å²) in [4.78, 5) is 12.7. The van der Waals surface area contributed by atoms with Gasteiger partial charge in [-0.2, -0.15) is 5.26 Å². The number of nitrogens with zero attached hydrogens (tertiary/aromatic N) is 1. The highest BCUT2D eigenvalue weighted by Gasteiger charge is 2.30. The molecule has 1 heterocycles. The summed E-state index contributed by atoms with van der Waals surface area (Å²) < 4.78 is 5.26. The average molecular weight is 336 g/mol. The number of amides is 1. The predicted molar refractivity (Wildman–Crippen MR) is 93.9 cm³/mol. The third-order valence-electron chi connectivity index (χ3n) is 4.51. The summed E-state index contributed by atoms with van der Waals surface area (Å²) in [5, 5.41) is 22.6. The smallest absolute Gasteiger partial charge is 0.252 e. The molecule has 25 heavy (non-hydrogen) atoms. The maximum atomic E-state index is 12.7. The van der Waals surface area contributed by atoms with Crippen LogP contribution in [-0.4, -0.2) is 36.4 Å². The van der Waals surface area contributed by atoms with Gasteiger partial charge in [0.2, 0.25) is 0 Å². The molecule has 5 heteroatoms. The normalized spacial score (nSPS) is 16.0. The second-order valence-corrected chi connectivity index (χ2v) is 6.22. The standard InChI is InChI=1S/C20H20N2O3/c21-13-15-5-1-2-6-16(15)17-7-3-4-8-18(17)19(23)22-14-20(24)9-11-25-12-10-20/h1-8,24H,9-12,14H2,(H,22,23). The first kappa shape index (κ1) is 17.2. The first-order valence-corrected chi connectivity index (χ1v) is 8.30. The first-order chi connectivity index (χ1) is 12.1. The van der Waals surface area contributed by atoms with Gasteiger partial charge in [0.05, 0.1) is 17.2 Å². The first-order valence-electron chi connectivity index (χ1n) is 8.30. The molecule has 5 nitrogen and oxygen atoms in total. The van der Waals surface area contributed by atoms with E-state index >= 15 is 0 Å². The Labute approximate surface area is 146 Å². The van der Waals surface area contributed by atoms with Gasteiger partial charge in [-0.1, -0.05) is 36.4 Å². The quantitative estimate of drug-likeness (QED) is 0.899. The van der Waals surface area contributed by atoms with Crippen LogP contribution in [0.1, 0.15) is 28.8 Å². The minimum Gasteiger partial charge on any atom is -0.388 e. The number of hydrogen-bond donors (Lipinski definition) is 2. The molecule has 1 amide bonds. The lowest BCUT2D eigenvalue weighted by molar-refractivity contribution is -0.0605. The van der Waals surface area contributed by atoms with Gasteiger partial charge in [0.25, 0.3) is 5.91 Å². The lowest BCUT2D eigenvalue weighted by atomic mass is 9.93. The number of carbonyl (C=O) groups excluding carboxylic acids is 1. The molecule has 128 valence electrons. The Morgan fingerprint density at radius 2 is 1.76 bits per heavy atom. The van der Waals surface area contributed by atoms with E-state index in [9.17, 15) is 15.2 Å². The van der Waals surface area contributed by atoms with Crippen molar-refractivity contribution in [3.05, 3.63) is 59.7 Å². The largest absolute Gasteiger partial charge is 0.388 e. The predicted octanol–water partition coefficient (Wildman–Crippen LogP) is 2.50. The number of hydrogen-bond acceptors (Lipinski definition) is 4. The third-order valence-corrected chi connectivity index (χ3v) is 4.51. The van der Waals surface area contributed by atoms with Crippen LogP contribution in [0.25, 0.3) is 11.1 Å². The van der Waals surface area contributed by atoms with Crippen molar-refractivity contribution in [2.24, 2.45) is 0 Å². The zero-order valence-corrected chi connectivity index (χ0v) is 13.9. The number of nitrogens with one attached hydrogen (secondary N) is 1. The molecular weight excluding hydrogens is 316 g/mol. The number of nitriles is 1. The van der Waals surface area contributed by atoms with Crippen LogP contribution in [0, 0.1) is 11.3 Å². The van der Waals surface area contributed by atoms with Gasteiger partial charge in [0.15, 0.2) is 0 Å². The Morgan fingerprint density at radius 3 is 2.48 bits per heavy atom. The molecule has 0 spiro atoms. The molecule has 1 fully saturated rings. The van der Waals surface area contributed by atoms with E-state index in [0.29, 0.717) is 42.7 Å². The molecule has 0 aromatic heterocycles. The van der Waals surface area contributed by atoms with Crippen LogP contribution in [-0.2, 0) is 4.74 Å². The topological polar surface area (TPSA) is 82.4 Å². The summed E-state index contributed by atoms with van der Waals surface area (Å²) in [5.74, 6) is -0.261. The Bertz CT molecular complexity index is 805. The molecule has 0 atom stereocenters. The van der Waals surface area contributed by atoms with Crippen LogP contribution in [0.3, 0.4) is 0 Å². The number of ether oxygens (including phenoxy) is 1. The van der Waals surface area contributed by atoms with Crippen LogP contribution < -0.4 is 5.32 Å². The fourth-order valence-electron chi connectivity index (χ4n) is 3.00. The second kappa shape index (κ2) is 7.47. The molecule has 0 unspecified atom stereocenters. The van der Waals surface area contributed by atoms with Gasteiger partial charge in [-0.3, -0.25) is 4.79 Å². The van der Waals surface area contributed by atoms with Crippen LogP contribution in [0.5, 0.6) is 0 Å². The van der Waals surface area contributed by atoms with E-state index in [2.05, 4.69) is 11.4 Å². The van der Waals surface area contributed by atoms with Crippen molar-refractivity contribution in [1.82, 2.24) is 5.32 Å². The minimum atomic E-state index is -0.923. The minimum absolute atomic E-state index is 0.184. The fraction of sp³-hybridized carbons (Fsp3) is 0.300. The fourth-order valence-corrected chi connectivity index (χ4v) is 3.00. The molecule has 0 aliphatic carbocycles. The summed E-state index contributed by atoms with van der Waals surface area (Å²) >= 11 is 0. The van der Waals surface area contributed by atoms with Crippen molar-refractivity contribution in [3.63, 3.8) is 0 Å². The number of benzene rings is 2. The molecule has 3 rings (SSSR count). The van der Waals surface area contributed by atoms with Crippen molar-refractivity contribution in [2.45, 2.75) is 18.4 Å². The zero-order chi connectivity index (χ0) is 17.7. The van der Waals surface area contributed by atoms with Crippen molar-refractivity contribution in [1.29, 1.82) is 5.26 Å². The summed E-state index contributed by atoms with van der Waals surface area (Å²) in [5.41, 5.74) is 1.51. The van der Waals surface area contributed by atoms with E-state index in [-0.39, 0.29) is 12.5 Å². The lowest BCUT2D eigenvalue weighted by Crippen LogP contribution is -2.46. The molecule has 0 saturated carbocycles. The lowest BCUT2D eigenvalue weighted by Gasteiger charge is -2.32. The summed E-state index contributed by atoms with van der Waals surface area (Å²) in [6, 6.07) is 16.5. The number of rotatable bonds is 4. The van der Waals surface area contributed by atoms with Crippen molar-refractivity contribution in [2.75, 3.05) is 19.8 Å². The molecule has 2 aromatic carbocycles. The maximum Gasteiger partial charge on any atom is 0.252 e. The van der Waals surface area contributed by atoms with Crippen LogP contribution in [0.2, 0.25) is 0 Å². The Kier molecular flexibility index (Phi) is 5.13. The molecule has 2 aromatic rings. The Balaban J connectivity index is 1.83. The van der Waals surface area contributed by atoms with E-state index < -0.39 is 5.60 Å². The van der Waals surface area contributed by atoms with E-state index in [1.807, 2.05) is 24.3 Å². The van der Waals surface area contributed by atoms with Gasteiger partial charge in [-0.25, -0.2) is 0 Å². The second-order valence-electron chi connectivity index (χ2n) is 6.22. The van der Waals surface area contributed by atoms with Gasteiger partial charge < -0.3 is 15.2 Å². The Hall–Kier alpha value is -2.68. The molecule has 1 aliphatic rings. The van der Waals surface area contributed by atoms with Crippen molar-refractivity contribution < 1.29 is 14.6 Å². The van der Waals surface area contributed by atoms with E-state index in [4.69, 9.17) is 4.74 Å². The summed E-state index contributed by atoms with van der Waals surface area (Å²) in [6.45, 7) is 1.18. The van der Waals surface area contributed by atoms with E-state index in [0.717, 1.165) is 5.56 Å². The number of carbonyl (C=O) groups is 1. The molecule has 0 radical (unpaired) electrons. The van der Waals surface area contributed by atoms with Gasteiger partial charge in [-0.15, -0.1) is 0 Å². The highest BCUT2D eigenvalue weighted by Crippen LogP contribution is 2.27.